The highest BCUT2D eigenvalue weighted by Crippen LogP contribution is 2.28. The number of carbonyl (C=O) groups is 1. The molecule has 0 atom stereocenters. The molecule has 0 radical (unpaired) electrons. The minimum absolute atomic E-state index is 0.00242. The molecule has 1 amide bonds. The zero-order chi connectivity index (χ0) is 18.0. The van der Waals surface area contributed by atoms with E-state index in [0.717, 1.165) is 0 Å². The monoisotopic (exact) mass is 359 g/mol. The molecule has 7 nitrogen and oxygen atoms in total. The Morgan fingerprint density at radius 1 is 1.08 bits per heavy atom. The summed E-state index contributed by atoms with van der Waals surface area (Å²) in [6, 6.07) is 12.9. The Labute approximate surface area is 143 Å². The Balaban J connectivity index is 1.99. The maximum atomic E-state index is 12.5. The number of benzene rings is 2. The predicted octanol–water partition coefficient (Wildman–Crippen LogP) is 2.52. The van der Waals surface area contributed by atoms with Crippen molar-refractivity contribution in [3.05, 3.63) is 65.0 Å². The van der Waals surface area contributed by atoms with Crippen LogP contribution in [0.15, 0.2) is 68.7 Å². The first-order valence-corrected chi connectivity index (χ1v) is 8.61. The Kier molecular flexibility index (Phi) is 4.28. The van der Waals surface area contributed by atoms with Gasteiger partial charge >= 0.3 is 15.7 Å². The summed E-state index contributed by atoms with van der Waals surface area (Å²) in [5.74, 6) is -0.355. The van der Waals surface area contributed by atoms with Gasteiger partial charge in [-0.2, -0.15) is 8.42 Å². The summed E-state index contributed by atoms with van der Waals surface area (Å²) in [6.45, 7) is 1.31. The summed E-state index contributed by atoms with van der Waals surface area (Å²) in [5, 5.41) is 2.95. The van der Waals surface area contributed by atoms with Gasteiger partial charge in [0.2, 0.25) is 5.91 Å². The molecule has 0 spiro atoms. The summed E-state index contributed by atoms with van der Waals surface area (Å²) in [6.07, 6.45) is 0. The van der Waals surface area contributed by atoms with Gasteiger partial charge in [0.1, 0.15) is 10.5 Å². The van der Waals surface area contributed by atoms with Crippen LogP contribution in [0.3, 0.4) is 0 Å². The fourth-order valence-electron chi connectivity index (χ4n) is 2.20. The van der Waals surface area contributed by atoms with Crippen LogP contribution >= 0.6 is 0 Å². The molecule has 8 heteroatoms. The first-order valence-electron chi connectivity index (χ1n) is 7.20. The molecule has 3 rings (SSSR count). The number of para-hydroxylation sites is 2. The number of hydrogen-bond donors (Lipinski definition) is 1. The average Bonchev–Trinajstić information content (AvgIpc) is 2.55. The smallest absolute Gasteiger partial charge is 0.339 e. The molecular weight excluding hydrogens is 346 g/mol. The molecule has 0 fully saturated rings. The molecule has 1 heterocycles. The van der Waals surface area contributed by atoms with Crippen LogP contribution < -0.4 is 15.1 Å². The van der Waals surface area contributed by atoms with Crippen molar-refractivity contribution in [2.75, 3.05) is 5.32 Å². The predicted molar refractivity (Wildman–Crippen MR) is 91.0 cm³/mol. The lowest BCUT2D eigenvalue weighted by Crippen LogP contribution is -2.13. The van der Waals surface area contributed by atoms with Crippen LogP contribution in [0, 0.1) is 0 Å². The molecule has 3 aromatic rings. The number of hydrogen-bond acceptors (Lipinski definition) is 6. The molecule has 1 N–H and O–H groups in total. The van der Waals surface area contributed by atoms with E-state index in [1.165, 1.54) is 49.4 Å². The first-order chi connectivity index (χ1) is 11.8. The van der Waals surface area contributed by atoms with Gasteiger partial charge in [-0.3, -0.25) is 4.79 Å². The fourth-order valence-corrected chi connectivity index (χ4v) is 3.19. The summed E-state index contributed by atoms with van der Waals surface area (Å²) in [7, 11) is -4.14. The van der Waals surface area contributed by atoms with E-state index in [0.29, 0.717) is 5.39 Å². The summed E-state index contributed by atoms with van der Waals surface area (Å²) >= 11 is 0. The molecule has 25 heavy (non-hydrogen) atoms. The second kappa shape index (κ2) is 6.40. The number of amides is 1. The molecule has 0 aliphatic carbocycles. The zero-order valence-corrected chi connectivity index (χ0v) is 13.9. The normalized spacial score (nSPS) is 11.2. The van der Waals surface area contributed by atoms with Crippen molar-refractivity contribution in [1.82, 2.24) is 0 Å². The van der Waals surface area contributed by atoms with Crippen molar-refractivity contribution < 1.29 is 21.8 Å². The molecule has 0 aliphatic heterocycles. The lowest BCUT2D eigenvalue weighted by Gasteiger charge is -2.11. The van der Waals surface area contributed by atoms with Gasteiger partial charge in [0.15, 0.2) is 5.75 Å². The molecule has 128 valence electrons. The number of carbonyl (C=O) groups excluding carboxylic acids is 1. The summed E-state index contributed by atoms with van der Waals surface area (Å²) < 4.78 is 35.2. The molecule has 0 saturated carbocycles. The lowest BCUT2D eigenvalue weighted by molar-refractivity contribution is -0.114. The Hall–Kier alpha value is -3.13. The van der Waals surface area contributed by atoms with E-state index in [2.05, 4.69) is 5.32 Å². The van der Waals surface area contributed by atoms with E-state index in [9.17, 15) is 18.0 Å². The molecule has 0 saturated heterocycles. The van der Waals surface area contributed by atoms with Crippen LogP contribution in [0.25, 0.3) is 11.0 Å². The first kappa shape index (κ1) is 16.7. The van der Waals surface area contributed by atoms with E-state index in [4.69, 9.17) is 8.60 Å². The molecule has 1 aromatic heterocycles. The standard InChI is InChI=1S/C17H13NO6S/c1-11(19)18-14-4-2-3-5-16(14)24-25(21,22)13-7-8-15-12(10-13)6-9-17(20)23-15/h2-10H,1H3,(H,18,19). The van der Waals surface area contributed by atoms with Gasteiger partial charge in [-0.05, 0) is 36.4 Å². The Bertz CT molecular complexity index is 1120. The van der Waals surface area contributed by atoms with E-state index in [-0.39, 0.29) is 27.8 Å². The number of anilines is 1. The Morgan fingerprint density at radius 2 is 1.84 bits per heavy atom. The van der Waals surface area contributed by atoms with Crippen LogP contribution in [-0.2, 0) is 14.9 Å². The molecular formula is C17H13NO6S. The lowest BCUT2D eigenvalue weighted by atomic mass is 10.2. The minimum atomic E-state index is -4.14. The minimum Gasteiger partial charge on any atom is -0.423 e. The van der Waals surface area contributed by atoms with Crippen molar-refractivity contribution in [2.45, 2.75) is 11.8 Å². The van der Waals surface area contributed by atoms with Crippen molar-refractivity contribution in [3.8, 4) is 5.75 Å². The van der Waals surface area contributed by atoms with E-state index in [1.54, 1.807) is 12.1 Å². The van der Waals surface area contributed by atoms with Crippen LogP contribution in [0.4, 0.5) is 5.69 Å². The van der Waals surface area contributed by atoms with Gasteiger partial charge in [-0.1, -0.05) is 12.1 Å². The van der Waals surface area contributed by atoms with Gasteiger partial charge < -0.3 is 13.9 Å². The van der Waals surface area contributed by atoms with Crippen molar-refractivity contribution >= 4 is 32.7 Å². The van der Waals surface area contributed by atoms with Gasteiger partial charge in [-0.25, -0.2) is 4.79 Å². The quantitative estimate of drug-likeness (QED) is 0.567. The van der Waals surface area contributed by atoms with E-state index < -0.39 is 15.7 Å². The van der Waals surface area contributed by atoms with E-state index in [1.807, 2.05) is 0 Å². The van der Waals surface area contributed by atoms with Gasteiger partial charge in [0.25, 0.3) is 0 Å². The number of rotatable bonds is 4. The number of fused-ring (bicyclic) bond motifs is 1. The summed E-state index contributed by atoms with van der Waals surface area (Å²) in [4.78, 5) is 22.3. The molecule has 0 unspecified atom stereocenters. The average molecular weight is 359 g/mol. The van der Waals surface area contributed by atoms with Gasteiger partial charge in [0.05, 0.1) is 5.69 Å². The SMILES string of the molecule is CC(=O)Nc1ccccc1OS(=O)(=O)c1ccc2oc(=O)ccc2c1. The van der Waals surface area contributed by atoms with E-state index >= 15 is 0 Å². The third-order valence-electron chi connectivity index (χ3n) is 3.28. The second-order valence-electron chi connectivity index (χ2n) is 5.17. The maximum Gasteiger partial charge on any atom is 0.339 e. The molecule has 2 aromatic carbocycles. The fraction of sp³-hybridized carbons (Fsp3) is 0.0588. The third kappa shape index (κ3) is 3.69. The van der Waals surface area contributed by atoms with Crippen LogP contribution in [-0.4, -0.2) is 14.3 Å². The second-order valence-corrected chi connectivity index (χ2v) is 6.72. The van der Waals surface area contributed by atoms with Crippen molar-refractivity contribution in [1.29, 1.82) is 0 Å². The highest BCUT2D eigenvalue weighted by molar-refractivity contribution is 7.87. The zero-order valence-electron chi connectivity index (χ0n) is 13.1. The van der Waals surface area contributed by atoms with Crippen molar-refractivity contribution in [2.24, 2.45) is 0 Å². The Morgan fingerprint density at radius 3 is 2.60 bits per heavy atom. The van der Waals surface area contributed by atoms with Gasteiger partial charge in [-0.15, -0.1) is 0 Å². The molecule has 0 aliphatic rings. The molecule has 0 bridgehead atoms. The summed E-state index contributed by atoms with van der Waals surface area (Å²) in [5.41, 5.74) is -0.0148. The highest BCUT2D eigenvalue weighted by Gasteiger charge is 2.19. The van der Waals surface area contributed by atoms with Crippen LogP contribution in [0.5, 0.6) is 5.75 Å². The topological polar surface area (TPSA) is 103 Å². The van der Waals surface area contributed by atoms with Crippen LogP contribution in [0.1, 0.15) is 6.92 Å². The maximum absolute atomic E-state index is 12.5. The van der Waals surface area contributed by atoms with Crippen molar-refractivity contribution in [3.63, 3.8) is 0 Å². The van der Waals surface area contributed by atoms with Gasteiger partial charge in [0, 0.05) is 18.4 Å². The van der Waals surface area contributed by atoms with Crippen LogP contribution in [0.2, 0.25) is 0 Å². The third-order valence-corrected chi connectivity index (χ3v) is 4.51. The highest BCUT2D eigenvalue weighted by atomic mass is 32.2. The number of nitrogens with one attached hydrogen (secondary N) is 1. The largest absolute Gasteiger partial charge is 0.423 e.